The summed E-state index contributed by atoms with van der Waals surface area (Å²) >= 11 is 0. The summed E-state index contributed by atoms with van der Waals surface area (Å²) in [6.07, 6.45) is -0.506. The van der Waals surface area contributed by atoms with Gasteiger partial charge in [-0.1, -0.05) is 18.2 Å². The van der Waals surface area contributed by atoms with E-state index in [1.807, 2.05) is 47.0 Å². The van der Waals surface area contributed by atoms with Crippen molar-refractivity contribution in [3.8, 4) is 11.5 Å². The molecule has 0 saturated carbocycles. The van der Waals surface area contributed by atoms with Crippen LogP contribution in [0.1, 0.15) is 24.4 Å². The Morgan fingerprint density at radius 2 is 1.84 bits per heavy atom. The van der Waals surface area contributed by atoms with Crippen molar-refractivity contribution in [3.63, 3.8) is 0 Å². The molecule has 2 atom stereocenters. The van der Waals surface area contributed by atoms with Crippen LogP contribution in [0.4, 0.5) is 0 Å². The lowest BCUT2D eigenvalue weighted by molar-refractivity contribution is 0.173. The van der Waals surface area contributed by atoms with E-state index in [0.29, 0.717) is 23.9 Å². The highest BCUT2D eigenvalue weighted by molar-refractivity contribution is 5.76. The predicted octanol–water partition coefficient (Wildman–Crippen LogP) is 2.48. The number of para-hydroxylation sites is 2. The summed E-state index contributed by atoms with van der Waals surface area (Å²) in [4.78, 5) is 4.69. The first-order valence-corrected chi connectivity index (χ1v) is 8.16. The zero-order valence-electron chi connectivity index (χ0n) is 14.6. The minimum atomic E-state index is -0.506. The summed E-state index contributed by atoms with van der Waals surface area (Å²) in [6, 6.07) is 12.9. The Balaban J connectivity index is 2.09. The number of fused-ring (bicyclic) bond motifs is 1. The number of hydrogen-bond donors (Lipinski definition) is 2. The molecule has 0 aliphatic carbocycles. The summed E-state index contributed by atoms with van der Waals surface area (Å²) in [5.41, 5.74) is 9.18. The number of aliphatic hydroxyl groups excluding tert-OH is 1. The zero-order chi connectivity index (χ0) is 18.0. The largest absolute Gasteiger partial charge is 0.493 e. The second kappa shape index (κ2) is 7.13. The fourth-order valence-corrected chi connectivity index (χ4v) is 2.98. The van der Waals surface area contributed by atoms with Gasteiger partial charge in [-0.2, -0.15) is 0 Å². The first kappa shape index (κ1) is 17.3. The molecular weight excluding hydrogens is 318 g/mol. The molecule has 0 radical (unpaired) electrons. The maximum atomic E-state index is 9.88. The van der Waals surface area contributed by atoms with Crippen LogP contribution in [0.2, 0.25) is 0 Å². The molecule has 3 aromatic rings. The first-order chi connectivity index (χ1) is 12.0. The van der Waals surface area contributed by atoms with Gasteiger partial charge in [-0.3, -0.25) is 0 Å². The second-order valence-electron chi connectivity index (χ2n) is 6.01. The van der Waals surface area contributed by atoms with Gasteiger partial charge >= 0.3 is 0 Å². The molecule has 132 valence electrons. The molecule has 1 aromatic heterocycles. The lowest BCUT2D eigenvalue weighted by Crippen LogP contribution is -2.21. The fraction of sp³-hybridized carbons (Fsp3) is 0.316. The van der Waals surface area contributed by atoms with Crippen molar-refractivity contribution in [2.24, 2.45) is 5.73 Å². The van der Waals surface area contributed by atoms with Crippen molar-refractivity contribution in [1.29, 1.82) is 0 Å². The summed E-state index contributed by atoms with van der Waals surface area (Å²) in [5.74, 6) is 1.97. The summed E-state index contributed by atoms with van der Waals surface area (Å²) in [7, 11) is 3.19. The van der Waals surface area contributed by atoms with E-state index in [1.165, 1.54) is 0 Å². The molecule has 0 spiro atoms. The highest BCUT2D eigenvalue weighted by atomic mass is 16.5. The standard InChI is InChI=1S/C19H23N3O3/c1-12(23)11-22-15-7-5-4-6-14(15)21-19(22)18(20)13-8-9-16(24-2)17(10-13)25-3/h4-10,12,18,23H,11,20H2,1-3H3. The van der Waals surface area contributed by atoms with Crippen molar-refractivity contribution in [3.05, 3.63) is 53.9 Å². The summed E-state index contributed by atoms with van der Waals surface area (Å²) in [6.45, 7) is 2.18. The molecule has 3 N–H and O–H groups in total. The number of rotatable bonds is 6. The van der Waals surface area contributed by atoms with Crippen LogP contribution in [0.5, 0.6) is 11.5 Å². The third-order valence-corrected chi connectivity index (χ3v) is 4.18. The van der Waals surface area contributed by atoms with Gasteiger partial charge in [0.25, 0.3) is 0 Å². The number of nitrogens with two attached hydrogens (primary N) is 1. The van der Waals surface area contributed by atoms with Gasteiger partial charge in [-0.25, -0.2) is 4.98 Å². The van der Waals surface area contributed by atoms with Gasteiger partial charge in [0.1, 0.15) is 5.82 Å². The lowest BCUT2D eigenvalue weighted by atomic mass is 10.1. The van der Waals surface area contributed by atoms with Crippen LogP contribution < -0.4 is 15.2 Å². The molecule has 0 saturated heterocycles. The second-order valence-corrected chi connectivity index (χ2v) is 6.01. The van der Waals surface area contributed by atoms with Crippen molar-refractivity contribution in [2.45, 2.75) is 25.6 Å². The predicted molar refractivity (Wildman–Crippen MR) is 97.0 cm³/mol. The quantitative estimate of drug-likeness (QED) is 0.720. The van der Waals surface area contributed by atoms with Crippen LogP contribution in [0.15, 0.2) is 42.5 Å². The maximum absolute atomic E-state index is 9.88. The minimum absolute atomic E-state index is 0.427. The van der Waals surface area contributed by atoms with Crippen molar-refractivity contribution < 1.29 is 14.6 Å². The molecule has 2 aromatic carbocycles. The number of aliphatic hydroxyl groups is 1. The van der Waals surface area contributed by atoms with Gasteiger partial charge in [0.05, 0.1) is 43.9 Å². The van der Waals surface area contributed by atoms with Crippen molar-refractivity contribution >= 4 is 11.0 Å². The molecular formula is C19H23N3O3. The number of imidazole rings is 1. The summed E-state index contributed by atoms with van der Waals surface area (Å²) < 4.78 is 12.6. The van der Waals surface area contributed by atoms with E-state index in [4.69, 9.17) is 20.2 Å². The Morgan fingerprint density at radius 3 is 2.52 bits per heavy atom. The number of benzene rings is 2. The van der Waals surface area contributed by atoms with Gasteiger partial charge in [0.2, 0.25) is 0 Å². The zero-order valence-corrected chi connectivity index (χ0v) is 14.6. The van der Waals surface area contributed by atoms with Gasteiger partial charge < -0.3 is 24.9 Å². The fourth-order valence-electron chi connectivity index (χ4n) is 2.98. The smallest absolute Gasteiger partial charge is 0.161 e. The number of ether oxygens (including phenoxy) is 2. The molecule has 0 aliphatic rings. The number of methoxy groups -OCH3 is 2. The number of aromatic nitrogens is 2. The van der Waals surface area contributed by atoms with E-state index >= 15 is 0 Å². The maximum Gasteiger partial charge on any atom is 0.161 e. The van der Waals surface area contributed by atoms with Crippen molar-refractivity contribution in [1.82, 2.24) is 9.55 Å². The molecule has 0 amide bonds. The highest BCUT2D eigenvalue weighted by Crippen LogP contribution is 2.32. The number of nitrogens with zero attached hydrogens (tertiary/aromatic N) is 2. The van der Waals surface area contributed by atoms with Crippen LogP contribution in [0.25, 0.3) is 11.0 Å². The molecule has 2 unspecified atom stereocenters. The molecule has 0 bridgehead atoms. The molecule has 0 fully saturated rings. The van der Waals surface area contributed by atoms with Crippen LogP contribution >= 0.6 is 0 Å². The Labute approximate surface area is 146 Å². The third-order valence-electron chi connectivity index (χ3n) is 4.18. The SMILES string of the molecule is COc1ccc(C(N)c2nc3ccccc3n2CC(C)O)cc1OC. The minimum Gasteiger partial charge on any atom is -0.493 e. The molecule has 1 heterocycles. The molecule has 0 aliphatic heterocycles. The molecule has 6 heteroatoms. The Morgan fingerprint density at radius 1 is 1.12 bits per heavy atom. The van der Waals surface area contributed by atoms with Crippen LogP contribution in [-0.4, -0.2) is 35.0 Å². The molecule has 6 nitrogen and oxygen atoms in total. The van der Waals surface area contributed by atoms with E-state index in [9.17, 15) is 5.11 Å². The van der Waals surface area contributed by atoms with E-state index < -0.39 is 12.1 Å². The summed E-state index contributed by atoms with van der Waals surface area (Å²) in [5, 5.41) is 9.88. The van der Waals surface area contributed by atoms with E-state index in [-0.39, 0.29) is 0 Å². The van der Waals surface area contributed by atoms with Crippen LogP contribution in [0.3, 0.4) is 0 Å². The van der Waals surface area contributed by atoms with Crippen LogP contribution in [-0.2, 0) is 6.54 Å². The monoisotopic (exact) mass is 341 g/mol. The molecule has 3 rings (SSSR count). The lowest BCUT2D eigenvalue weighted by Gasteiger charge is -2.17. The Hall–Kier alpha value is -2.57. The van der Waals surface area contributed by atoms with Gasteiger partial charge in [-0.05, 0) is 36.8 Å². The van der Waals surface area contributed by atoms with E-state index in [2.05, 4.69) is 0 Å². The average molecular weight is 341 g/mol. The van der Waals surface area contributed by atoms with Gasteiger partial charge in [-0.15, -0.1) is 0 Å². The highest BCUT2D eigenvalue weighted by Gasteiger charge is 2.20. The Bertz CT molecular complexity index is 873. The van der Waals surface area contributed by atoms with Crippen LogP contribution in [0, 0.1) is 0 Å². The topological polar surface area (TPSA) is 82.5 Å². The number of hydrogen-bond acceptors (Lipinski definition) is 5. The van der Waals surface area contributed by atoms with Gasteiger partial charge in [0.15, 0.2) is 11.5 Å². The molecule has 25 heavy (non-hydrogen) atoms. The average Bonchev–Trinajstić information content (AvgIpc) is 2.98. The first-order valence-electron chi connectivity index (χ1n) is 8.16. The van der Waals surface area contributed by atoms with E-state index in [0.717, 1.165) is 16.6 Å². The Kier molecular flexibility index (Phi) is 4.92. The van der Waals surface area contributed by atoms with Crippen molar-refractivity contribution in [2.75, 3.05) is 14.2 Å². The van der Waals surface area contributed by atoms with Gasteiger partial charge in [0, 0.05) is 0 Å². The third kappa shape index (κ3) is 3.31. The normalized spacial score (nSPS) is 13.6. The van der Waals surface area contributed by atoms with E-state index in [1.54, 1.807) is 21.1 Å².